The normalized spacial score (nSPS) is 12.2. The van der Waals surface area contributed by atoms with Gasteiger partial charge >= 0.3 is 0 Å². The molecule has 0 unspecified atom stereocenters. The van der Waals surface area contributed by atoms with E-state index in [4.69, 9.17) is 11.5 Å². The maximum Gasteiger partial charge on any atom is 0.241 e. The van der Waals surface area contributed by atoms with Gasteiger partial charge in [-0.05, 0) is 31.8 Å². The van der Waals surface area contributed by atoms with Crippen LogP contribution in [0.3, 0.4) is 0 Å². The van der Waals surface area contributed by atoms with Crippen molar-refractivity contribution in [2.45, 2.75) is 45.1 Å². The first-order valence-corrected chi connectivity index (χ1v) is 4.79. The molecule has 0 spiro atoms. The first kappa shape index (κ1) is 12.2. The lowest BCUT2D eigenvalue weighted by Gasteiger charge is -2.25. The third kappa shape index (κ3) is 5.42. The fourth-order valence-corrected chi connectivity index (χ4v) is 1.17. The highest BCUT2D eigenvalue weighted by molar-refractivity contribution is 5.85. The Balaban J connectivity index is 3.80. The molecule has 0 aliphatic heterocycles. The molecule has 0 aromatic heterocycles. The Morgan fingerprint density at radius 3 is 2.31 bits per heavy atom. The molecular weight excluding hydrogens is 164 g/mol. The van der Waals surface area contributed by atoms with Gasteiger partial charge in [-0.25, -0.2) is 0 Å². The van der Waals surface area contributed by atoms with E-state index in [1.165, 1.54) is 6.08 Å². The van der Waals surface area contributed by atoms with Crippen molar-refractivity contribution >= 4 is 5.91 Å². The predicted octanol–water partition coefficient (Wildman–Crippen LogP) is 1.33. The molecule has 0 bridgehead atoms. The zero-order valence-electron chi connectivity index (χ0n) is 8.55. The molecule has 76 valence electrons. The van der Waals surface area contributed by atoms with Crippen LogP contribution in [0.5, 0.6) is 0 Å². The van der Waals surface area contributed by atoms with Gasteiger partial charge < -0.3 is 11.5 Å². The highest BCUT2D eigenvalue weighted by Gasteiger charge is 2.18. The Morgan fingerprint density at radius 1 is 1.38 bits per heavy atom. The Morgan fingerprint density at radius 2 is 1.92 bits per heavy atom. The maximum absolute atomic E-state index is 10.4. The molecule has 0 saturated heterocycles. The van der Waals surface area contributed by atoms with Crippen molar-refractivity contribution in [3.8, 4) is 0 Å². The summed E-state index contributed by atoms with van der Waals surface area (Å²) < 4.78 is 0. The van der Waals surface area contributed by atoms with Gasteiger partial charge in [-0.3, -0.25) is 4.79 Å². The van der Waals surface area contributed by atoms with E-state index in [1.54, 1.807) is 6.08 Å². The largest absolute Gasteiger partial charge is 0.366 e. The zero-order valence-corrected chi connectivity index (χ0v) is 8.55. The van der Waals surface area contributed by atoms with E-state index in [9.17, 15) is 4.79 Å². The lowest BCUT2D eigenvalue weighted by molar-refractivity contribution is -0.113. The van der Waals surface area contributed by atoms with Crippen LogP contribution in [0.2, 0.25) is 0 Å². The van der Waals surface area contributed by atoms with Gasteiger partial charge in [0.2, 0.25) is 5.91 Å². The summed E-state index contributed by atoms with van der Waals surface area (Å²) in [6.45, 7) is 4.17. The molecule has 0 fully saturated rings. The highest BCUT2D eigenvalue weighted by atomic mass is 16.1. The van der Waals surface area contributed by atoms with Crippen LogP contribution in [0.25, 0.3) is 0 Å². The van der Waals surface area contributed by atoms with Gasteiger partial charge in [-0.1, -0.05) is 19.9 Å². The predicted molar refractivity (Wildman–Crippen MR) is 55.1 cm³/mol. The van der Waals surface area contributed by atoms with Crippen LogP contribution in [0, 0.1) is 0 Å². The van der Waals surface area contributed by atoms with Gasteiger partial charge in [0.25, 0.3) is 0 Å². The van der Waals surface area contributed by atoms with E-state index in [0.717, 1.165) is 25.7 Å². The molecule has 0 rings (SSSR count). The minimum atomic E-state index is -0.393. The highest BCUT2D eigenvalue weighted by Crippen LogP contribution is 2.17. The number of carbonyl (C=O) groups is 1. The van der Waals surface area contributed by atoms with Crippen molar-refractivity contribution in [2.24, 2.45) is 11.5 Å². The van der Waals surface area contributed by atoms with Crippen molar-refractivity contribution in [2.75, 3.05) is 0 Å². The van der Waals surface area contributed by atoms with E-state index in [0.29, 0.717) is 0 Å². The van der Waals surface area contributed by atoms with E-state index in [-0.39, 0.29) is 5.54 Å². The van der Waals surface area contributed by atoms with Crippen molar-refractivity contribution in [3.05, 3.63) is 12.2 Å². The Labute approximate surface area is 80.2 Å². The summed E-state index contributed by atoms with van der Waals surface area (Å²) in [7, 11) is 0. The summed E-state index contributed by atoms with van der Waals surface area (Å²) in [5.74, 6) is -0.393. The summed E-state index contributed by atoms with van der Waals surface area (Å²) in [6.07, 6.45) is 6.84. The Kier molecular flexibility index (Phi) is 5.39. The lowest BCUT2D eigenvalue weighted by Crippen LogP contribution is -2.37. The first-order chi connectivity index (χ1) is 6.04. The van der Waals surface area contributed by atoms with Crippen molar-refractivity contribution in [3.63, 3.8) is 0 Å². The number of carbonyl (C=O) groups excluding carboxylic acids is 1. The van der Waals surface area contributed by atoms with E-state index < -0.39 is 5.91 Å². The lowest BCUT2D eigenvalue weighted by atomic mass is 9.89. The summed E-state index contributed by atoms with van der Waals surface area (Å²) in [5, 5.41) is 0. The summed E-state index contributed by atoms with van der Waals surface area (Å²) in [5.41, 5.74) is 10.9. The quantitative estimate of drug-likeness (QED) is 0.611. The molecule has 0 radical (unpaired) electrons. The molecule has 0 aliphatic rings. The second-order valence-corrected chi connectivity index (χ2v) is 3.41. The molecule has 0 aromatic carbocycles. The number of allylic oxidation sites excluding steroid dienone is 1. The van der Waals surface area contributed by atoms with Gasteiger partial charge in [0.05, 0.1) is 0 Å². The van der Waals surface area contributed by atoms with Gasteiger partial charge in [-0.2, -0.15) is 0 Å². The van der Waals surface area contributed by atoms with E-state index in [1.807, 2.05) is 0 Å². The topological polar surface area (TPSA) is 69.1 Å². The summed E-state index contributed by atoms with van der Waals surface area (Å²) in [4.78, 5) is 10.4. The third-order valence-electron chi connectivity index (χ3n) is 2.50. The minimum Gasteiger partial charge on any atom is -0.366 e. The molecule has 0 aliphatic carbocycles. The molecule has 13 heavy (non-hydrogen) atoms. The van der Waals surface area contributed by atoms with Crippen molar-refractivity contribution in [1.29, 1.82) is 0 Å². The van der Waals surface area contributed by atoms with Gasteiger partial charge in [0, 0.05) is 5.54 Å². The van der Waals surface area contributed by atoms with Crippen LogP contribution >= 0.6 is 0 Å². The van der Waals surface area contributed by atoms with Crippen LogP contribution in [0.15, 0.2) is 12.2 Å². The second-order valence-electron chi connectivity index (χ2n) is 3.41. The monoisotopic (exact) mass is 184 g/mol. The Hall–Kier alpha value is -0.830. The van der Waals surface area contributed by atoms with Crippen LogP contribution < -0.4 is 11.5 Å². The standard InChI is InChI=1S/C10H20N2O/c1-3-10(12,4-2)8-6-5-7-9(11)13/h5,7H,3-4,6,8,12H2,1-2H3,(H2,11,13). The Bertz CT molecular complexity index is 183. The van der Waals surface area contributed by atoms with E-state index >= 15 is 0 Å². The molecule has 0 saturated carbocycles. The fourth-order valence-electron chi connectivity index (χ4n) is 1.17. The maximum atomic E-state index is 10.4. The first-order valence-electron chi connectivity index (χ1n) is 4.79. The number of nitrogens with two attached hydrogens (primary N) is 2. The van der Waals surface area contributed by atoms with Gasteiger partial charge in [0.1, 0.15) is 0 Å². The number of rotatable bonds is 6. The van der Waals surface area contributed by atoms with Crippen LogP contribution in [-0.4, -0.2) is 11.4 Å². The van der Waals surface area contributed by atoms with Crippen LogP contribution in [-0.2, 0) is 4.79 Å². The number of primary amides is 1. The molecule has 1 amide bonds. The fraction of sp³-hybridized carbons (Fsp3) is 0.700. The summed E-state index contributed by atoms with van der Waals surface area (Å²) in [6, 6.07) is 0. The van der Waals surface area contributed by atoms with Crippen LogP contribution in [0.4, 0.5) is 0 Å². The minimum absolute atomic E-state index is 0.0814. The van der Waals surface area contributed by atoms with E-state index in [2.05, 4.69) is 13.8 Å². The number of hydrogen-bond donors (Lipinski definition) is 2. The van der Waals surface area contributed by atoms with Gasteiger partial charge in [0.15, 0.2) is 0 Å². The van der Waals surface area contributed by atoms with Crippen molar-refractivity contribution in [1.82, 2.24) is 0 Å². The average molecular weight is 184 g/mol. The number of amides is 1. The second kappa shape index (κ2) is 5.75. The van der Waals surface area contributed by atoms with Gasteiger partial charge in [-0.15, -0.1) is 0 Å². The SMILES string of the molecule is CCC(N)(CC)CCC=CC(N)=O. The zero-order chi connectivity index (χ0) is 10.3. The summed E-state index contributed by atoms with van der Waals surface area (Å²) >= 11 is 0. The smallest absolute Gasteiger partial charge is 0.241 e. The van der Waals surface area contributed by atoms with Crippen molar-refractivity contribution < 1.29 is 4.79 Å². The average Bonchev–Trinajstić information content (AvgIpc) is 2.12. The number of hydrogen-bond acceptors (Lipinski definition) is 2. The molecule has 3 heteroatoms. The molecule has 4 N–H and O–H groups in total. The molecule has 0 aromatic rings. The molecule has 0 atom stereocenters. The van der Waals surface area contributed by atoms with Crippen LogP contribution in [0.1, 0.15) is 39.5 Å². The third-order valence-corrected chi connectivity index (χ3v) is 2.50. The molecular formula is C10H20N2O. The molecule has 0 heterocycles. The molecule has 3 nitrogen and oxygen atoms in total.